The highest BCUT2D eigenvalue weighted by molar-refractivity contribution is 5.89. The number of esters is 1. The summed E-state index contributed by atoms with van der Waals surface area (Å²) >= 11 is 0. The molecule has 8 heteroatoms. The number of nitrogens with one attached hydrogen (secondary N) is 2. The van der Waals surface area contributed by atoms with Crippen LogP contribution >= 0.6 is 12.4 Å². The molecule has 0 aliphatic carbocycles. The van der Waals surface area contributed by atoms with Gasteiger partial charge >= 0.3 is 5.97 Å². The van der Waals surface area contributed by atoms with Crippen LogP contribution in [0.2, 0.25) is 0 Å². The third-order valence-corrected chi connectivity index (χ3v) is 5.20. The van der Waals surface area contributed by atoms with Crippen LogP contribution in [0.4, 0.5) is 11.6 Å². The highest BCUT2D eigenvalue weighted by Crippen LogP contribution is 2.31. The van der Waals surface area contributed by atoms with E-state index in [1.807, 2.05) is 18.2 Å². The molecule has 3 N–H and O–H groups in total. The summed E-state index contributed by atoms with van der Waals surface area (Å²) in [5, 5.41) is 17.0. The fourth-order valence-electron chi connectivity index (χ4n) is 3.60. The largest absolute Gasteiger partial charge is 0.507 e. The Hall–Kier alpha value is -3.16. The lowest BCUT2D eigenvalue weighted by Gasteiger charge is -2.23. The highest BCUT2D eigenvalue weighted by atomic mass is 35.5. The number of piperidine rings is 1. The number of phenols is 1. The predicted octanol–water partition coefficient (Wildman–Crippen LogP) is 4.27. The van der Waals surface area contributed by atoms with E-state index in [1.165, 1.54) is 7.11 Å². The average Bonchev–Trinajstić information content (AvgIpc) is 2.80. The molecule has 0 bridgehead atoms. The zero-order valence-corrected chi connectivity index (χ0v) is 18.0. The second kappa shape index (κ2) is 10.2. The van der Waals surface area contributed by atoms with Gasteiger partial charge in [0.25, 0.3) is 0 Å². The SMILES string of the molecule is COC(=O)c1ccc(Nc2nc(-c3ccccc3O)cc(C3CCCNC3)n2)cc1.Cl. The van der Waals surface area contributed by atoms with Crippen LogP contribution in [0.1, 0.15) is 34.8 Å². The topological polar surface area (TPSA) is 96.4 Å². The Morgan fingerprint density at radius 3 is 2.61 bits per heavy atom. The Kier molecular flexibility index (Phi) is 7.44. The molecule has 1 aromatic heterocycles. The average molecular weight is 441 g/mol. The Morgan fingerprint density at radius 1 is 1.16 bits per heavy atom. The number of methoxy groups -OCH3 is 1. The first-order chi connectivity index (χ1) is 14.6. The molecule has 0 saturated carbocycles. The molecule has 2 heterocycles. The van der Waals surface area contributed by atoms with Gasteiger partial charge in [-0.3, -0.25) is 0 Å². The number of aromatic nitrogens is 2. The summed E-state index contributed by atoms with van der Waals surface area (Å²) in [6.45, 7) is 1.88. The van der Waals surface area contributed by atoms with Crippen molar-refractivity contribution in [2.24, 2.45) is 0 Å². The lowest BCUT2D eigenvalue weighted by molar-refractivity contribution is 0.0601. The second-order valence-corrected chi connectivity index (χ2v) is 7.26. The Labute approximate surface area is 187 Å². The smallest absolute Gasteiger partial charge is 0.337 e. The Balaban J connectivity index is 0.00000272. The zero-order valence-electron chi connectivity index (χ0n) is 17.2. The maximum absolute atomic E-state index is 11.6. The van der Waals surface area contributed by atoms with E-state index in [0.29, 0.717) is 22.8 Å². The quantitative estimate of drug-likeness (QED) is 0.510. The maximum atomic E-state index is 11.6. The molecule has 2 aromatic carbocycles. The number of phenolic OH excluding ortho intramolecular Hbond substituents is 1. The first-order valence-corrected chi connectivity index (χ1v) is 9.97. The number of anilines is 2. The lowest BCUT2D eigenvalue weighted by atomic mass is 9.95. The summed E-state index contributed by atoms with van der Waals surface area (Å²) in [6, 6.07) is 16.0. The summed E-state index contributed by atoms with van der Waals surface area (Å²) < 4.78 is 4.74. The van der Waals surface area contributed by atoms with Crippen LogP contribution in [0.3, 0.4) is 0 Å². The molecule has 0 spiro atoms. The first-order valence-electron chi connectivity index (χ1n) is 9.97. The molecule has 31 heavy (non-hydrogen) atoms. The number of nitrogens with zero attached hydrogens (tertiary/aromatic N) is 2. The third-order valence-electron chi connectivity index (χ3n) is 5.20. The van der Waals surface area contributed by atoms with Gasteiger partial charge in [0.1, 0.15) is 5.75 Å². The fourth-order valence-corrected chi connectivity index (χ4v) is 3.60. The van der Waals surface area contributed by atoms with E-state index in [1.54, 1.807) is 36.4 Å². The lowest BCUT2D eigenvalue weighted by Crippen LogP contribution is -2.29. The number of carbonyl (C=O) groups is 1. The summed E-state index contributed by atoms with van der Waals surface area (Å²) in [5.41, 5.74) is 3.49. The first kappa shape index (κ1) is 22.5. The fraction of sp³-hybridized carbons (Fsp3) is 0.261. The molecule has 1 fully saturated rings. The number of rotatable bonds is 5. The Bertz CT molecular complexity index is 1040. The van der Waals surface area contributed by atoms with E-state index < -0.39 is 0 Å². The van der Waals surface area contributed by atoms with E-state index >= 15 is 0 Å². The summed E-state index contributed by atoms with van der Waals surface area (Å²) in [6.07, 6.45) is 2.15. The standard InChI is InChI=1S/C23H24N4O3.ClH/c1-30-22(29)15-8-10-17(11-9-15)25-23-26-19(16-5-4-12-24-14-16)13-20(27-23)18-6-2-3-7-21(18)28;/h2-3,6-11,13,16,24,28H,4-5,12,14H2,1H3,(H,25,26,27);1H. The molecule has 0 radical (unpaired) electrons. The van der Waals surface area contributed by atoms with Crippen molar-refractivity contribution in [3.63, 3.8) is 0 Å². The number of para-hydroxylation sites is 1. The van der Waals surface area contributed by atoms with Gasteiger partial charge in [-0.25, -0.2) is 14.8 Å². The molecule has 1 atom stereocenters. The van der Waals surface area contributed by atoms with Crippen LogP contribution in [0.25, 0.3) is 11.3 Å². The Morgan fingerprint density at radius 2 is 1.94 bits per heavy atom. The van der Waals surface area contributed by atoms with E-state index in [9.17, 15) is 9.90 Å². The number of hydrogen-bond acceptors (Lipinski definition) is 7. The van der Waals surface area contributed by atoms with E-state index in [2.05, 4.69) is 15.6 Å². The molecule has 4 rings (SSSR count). The molecule has 1 saturated heterocycles. The van der Waals surface area contributed by atoms with Crippen molar-refractivity contribution < 1.29 is 14.6 Å². The van der Waals surface area contributed by atoms with Gasteiger partial charge in [0.2, 0.25) is 5.95 Å². The van der Waals surface area contributed by atoms with Crippen LogP contribution < -0.4 is 10.6 Å². The summed E-state index contributed by atoms with van der Waals surface area (Å²) in [7, 11) is 1.36. The minimum absolute atomic E-state index is 0. The van der Waals surface area contributed by atoms with Crippen molar-refractivity contribution in [1.82, 2.24) is 15.3 Å². The molecule has 162 valence electrons. The second-order valence-electron chi connectivity index (χ2n) is 7.26. The number of aromatic hydroxyl groups is 1. The number of halogens is 1. The van der Waals surface area contributed by atoms with Crippen LogP contribution in [0.5, 0.6) is 5.75 Å². The highest BCUT2D eigenvalue weighted by Gasteiger charge is 2.20. The summed E-state index contributed by atoms with van der Waals surface area (Å²) in [4.78, 5) is 21.0. The van der Waals surface area contributed by atoms with Gasteiger partial charge in [0, 0.05) is 23.7 Å². The van der Waals surface area contributed by atoms with E-state index in [4.69, 9.17) is 9.72 Å². The van der Waals surface area contributed by atoms with Gasteiger partial charge in [0.05, 0.1) is 24.1 Å². The number of hydrogen-bond donors (Lipinski definition) is 3. The van der Waals surface area contributed by atoms with Gasteiger partial charge in [-0.05, 0) is 61.9 Å². The van der Waals surface area contributed by atoms with Crippen LogP contribution in [-0.4, -0.2) is 41.2 Å². The van der Waals surface area contributed by atoms with E-state index in [-0.39, 0.29) is 30.0 Å². The van der Waals surface area contributed by atoms with Gasteiger partial charge in [-0.2, -0.15) is 0 Å². The molecule has 1 aliphatic heterocycles. The van der Waals surface area contributed by atoms with Gasteiger partial charge in [-0.15, -0.1) is 12.4 Å². The van der Waals surface area contributed by atoms with Gasteiger partial charge < -0.3 is 20.5 Å². The molecule has 0 amide bonds. The molecule has 1 aliphatic rings. The minimum atomic E-state index is -0.383. The van der Waals surface area contributed by atoms with Crippen molar-refractivity contribution >= 4 is 30.0 Å². The van der Waals surface area contributed by atoms with Crippen molar-refractivity contribution in [1.29, 1.82) is 0 Å². The van der Waals surface area contributed by atoms with Crippen molar-refractivity contribution in [2.45, 2.75) is 18.8 Å². The van der Waals surface area contributed by atoms with Crippen LogP contribution in [-0.2, 0) is 4.74 Å². The van der Waals surface area contributed by atoms with Crippen LogP contribution in [0, 0.1) is 0 Å². The normalized spacial score (nSPS) is 15.6. The zero-order chi connectivity index (χ0) is 20.9. The number of ether oxygens (including phenoxy) is 1. The predicted molar refractivity (Wildman–Crippen MR) is 122 cm³/mol. The molecular formula is C23H25ClN4O3. The van der Waals surface area contributed by atoms with Gasteiger partial charge in [-0.1, -0.05) is 12.1 Å². The van der Waals surface area contributed by atoms with Crippen molar-refractivity contribution in [2.75, 3.05) is 25.5 Å². The minimum Gasteiger partial charge on any atom is -0.507 e. The van der Waals surface area contributed by atoms with Crippen molar-refractivity contribution in [3.05, 3.63) is 65.9 Å². The maximum Gasteiger partial charge on any atom is 0.337 e. The molecule has 7 nitrogen and oxygen atoms in total. The third kappa shape index (κ3) is 5.31. The van der Waals surface area contributed by atoms with E-state index in [0.717, 1.165) is 37.3 Å². The van der Waals surface area contributed by atoms with Crippen molar-refractivity contribution in [3.8, 4) is 17.0 Å². The number of benzene rings is 2. The number of carbonyl (C=O) groups excluding carboxylic acids is 1. The molecular weight excluding hydrogens is 416 g/mol. The van der Waals surface area contributed by atoms with Gasteiger partial charge in [0.15, 0.2) is 0 Å². The molecule has 3 aromatic rings. The monoisotopic (exact) mass is 440 g/mol. The molecule has 1 unspecified atom stereocenters. The van der Waals surface area contributed by atoms with Crippen LogP contribution in [0.15, 0.2) is 54.6 Å². The summed E-state index contributed by atoms with van der Waals surface area (Å²) in [5.74, 6) is 0.527.